The van der Waals surface area contributed by atoms with Crippen LogP contribution in [0, 0.1) is 40.9 Å². The van der Waals surface area contributed by atoms with Crippen molar-refractivity contribution in [3.05, 3.63) is 24.3 Å². The van der Waals surface area contributed by atoms with Crippen molar-refractivity contribution in [2.75, 3.05) is 0 Å². The number of hydrogen-bond acceptors (Lipinski definition) is 2. The number of carbonyl (C=O) groups is 2. The van der Waals surface area contributed by atoms with E-state index >= 15 is 0 Å². The van der Waals surface area contributed by atoms with Crippen LogP contribution < -0.4 is 0 Å². The fourth-order valence-electron chi connectivity index (χ4n) is 6.03. The van der Waals surface area contributed by atoms with Gasteiger partial charge < -0.3 is 0 Å². The quantitative estimate of drug-likeness (QED) is 0.233. The summed E-state index contributed by atoms with van der Waals surface area (Å²) in [6.45, 7) is 14.6. The molecule has 0 amide bonds. The molecule has 0 radical (unpaired) electrons. The second-order valence-corrected chi connectivity index (χ2v) is 9.67. The second-order valence-electron chi connectivity index (χ2n) is 9.67. The van der Waals surface area contributed by atoms with Crippen molar-refractivity contribution >= 4 is 11.6 Å². The Morgan fingerprint density at radius 2 is 1.55 bits per heavy atom. The molecule has 5 unspecified atom stereocenters. The first kappa shape index (κ1) is 25.7. The third-order valence-corrected chi connectivity index (χ3v) is 7.50. The molecule has 176 valence electrons. The zero-order chi connectivity index (χ0) is 24.1. The van der Waals surface area contributed by atoms with Gasteiger partial charge in [0, 0.05) is 6.42 Å². The Kier molecular flexibility index (Phi) is 6.95. The number of alkyl halides is 6. The van der Waals surface area contributed by atoms with Crippen LogP contribution in [0.4, 0.5) is 26.3 Å². The van der Waals surface area contributed by atoms with Gasteiger partial charge >= 0.3 is 12.4 Å². The Labute approximate surface area is 179 Å². The van der Waals surface area contributed by atoms with Crippen LogP contribution in [0.5, 0.6) is 0 Å². The Bertz CT molecular complexity index is 749. The van der Waals surface area contributed by atoms with E-state index < -0.39 is 47.6 Å². The number of Topliss-reactive ketones (excluding diaryl/α,β-unsaturated/α-hetero) is 2. The predicted octanol–water partition coefficient (Wildman–Crippen LogP) is 6.71. The second kappa shape index (κ2) is 8.39. The molecular weight excluding hydrogens is 422 g/mol. The highest BCUT2D eigenvalue weighted by Gasteiger charge is 2.67. The molecule has 2 bridgehead atoms. The summed E-state index contributed by atoms with van der Waals surface area (Å²) in [5.74, 6) is -6.41. The summed E-state index contributed by atoms with van der Waals surface area (Å²) in [7, 11) is 0. The summed E-state index contributed by atoms with van der Waals surface area (Å²) in [5.41, 5.74) is -0.148. The average Bonchev–Trinajstić information content (AvgIpc) is 3.13. The van der Waals surface area contributed by atoms with E-state index in [-0.39, 0.29) is 30.1 Å². The van der Waals surface area contributed by atoms with E-state index in [0.29, 0.717) is 12.8 Å². The van der Waals surface area contributed by atoms with Gasteiger partial charge in [0.15, 0.2) is 5.92 Å². The molecule has 0 aliphatic heterocycles. The fraction of sp³-hybridized carbons (Fsp3) is 0.739. The van der Waals surface area contributed by atoms with E-state index in [4.69, 9.17) is 0 Å². The van der Waals surface area contributed by atoms with E-state index in [1.165, 1.54) is 0 Å². The highest BCUT2D eigenvalue weighted by molar-refractivity contribution is 6.07. The van der Waals surface area contributed by atoms with Gasteiger partial charge in [-0.05, 0) is 62.7 Å². The van der Waals surface area contributed by atoms with Crippen LogP contribution in [-0.4, -0.2) is 23.9 Å². The monoisotopic (exact) mass is 452 g/mol. The standard InChI is InChI=1S/C23H30F6O2/c1-11(2)13(5)7-16-15-8-17(20(16)12(3)4)21(10-15,14(6)30)19(31)9-18(22(24,25)26)23(27,28)29/h12,15-18,20H,1,5,7-10H2,2-4,6H3. The van der Waals surface area contributed by atoms with E-state index in [0.717, 1.165) is 18.1 Å². The number of fused-ring (bicyclic) bond motifs is 2. The van der Waals surface area contributed by atoms with Crippen molar-refractivity contribution in [2.45, 2.75) is 65.7 Å². The third-order valence-electron chi connectivity index (χ3n) is 7.50. The fourth-order valence-corrected chi connectivity index (χ4v) is 6.03. The molecule has 5 atom stereocenters. The number of ketones is 2. The van der Waals surface area contributed by atoms with E-state index in [1.807, 2.05) is 20.8 Å². The molecular formula is C23H30F6O2. The molecule has 0 spiro atoms. The summed E-state index contributed by atoms with van der Waals surface area (Å²) >= 11 is 0. The van der Waals surface area contributed by atoms with E-state index in [9.17, 15) is 35.9 Å². The molecule has 2 aliphatic carbocycles. The molecule has 0 N–H and O–H groups in total. The van der Waals surface area contributed by atoms with Crippen LogP contribution in [0.15, 0.2) is 24.3 Å². The first-order valence-corrected chi connectivity index (χ1v) is 10.5. The molecule has 2 saturated carbocycles. The molecule has 2 aliphatic rings. The third kappa shape index (κ3) is 4.63. The van der Waals surface area contributed by atoms with Gasteiger partial charge in [0.05, 0.1) is 5.41 Å². The number of halogens is 6. The van der Waals surface area contributed by atoms with Crippen molar-refractivity contribution < 1.29 is 35.9 Å². The van der Waals surface area contributed by atoms with Gasteiger partial charge in [0.1, 0.15) is 11.6 Å². The van der Waals surface area contributed by atoms with Crippen LogP contribution in [-0.2, 0) is 9.59 Å². The molecule has 0 aromatic carbocycles. The maximum Gasteiger partial charge on any atom is 0.400 e. The number of allylic oxidation sites excluding steroid dienone is 2. The van der Waals surface area contributed by atoms with Gasteiger partial charge in [0.2, 0.25) is 0 Å². The van der Waals surface area contributed by atoms with Crippen molar-refractivity contribution in [1.82, 2.24) is 0 Å². The largest absolute Gasteiger partial charge is 0.400 e. The van der Waals surface area contributed by atoms with Gasteiger partial charge in [-0.15, -0.1) is 0 Å². The minimum atomic E-state index is -5.61. The summed E-state index contributed by atoms with van der Waals surface area (Å²) < 4.78 is 78.5. The minimum Gasteiger partial charge on any atom is -0.299 e. The van der Waals surface area contributed by atoms with Gasteiger partial charge in [-0.2, -0.15) is 26.3 Å². The van der Waals surface area contributed by atoms with Gasteiger partial charge in [-0.25, -0.2) is 0 Å². The average molecular weight is 452 g/mol. The van der Waals surface area contributed by atoms with Crippen molar-refractivity contribution in [2.24, 2.45) is 40.9 Å². The molecule has 0 aromatic rings. The van der Waals surface area contributed by atoms with Gasteiger partial charge in [-0.3, -0.25) is 9.59 Å². The smallest absolute Gasteiger partial charge is 0.299 e. The van der Waals surface area contributed by atoms with Crippen LogP contribution in [0.2, 0.25) is 0 Å². The molecule has 2 nitrogen and oxygen atoms in total. The van der Waals surface area contributed by atoms with Gasteiger partial charge in [-0.1, -0.05) is 38.2 Å². The van der Waals surface area contributed by atoms with Crippen LogP contribution >= 0.6 is 0 Å². The first-order chi connectivity index (χ1) is 13.9. The molecule has 0 saturated heterocycles. The Morgan fingerprint density at radius 1 is 1.03 bits per heavy atom. The van der Waals surface area contributed by atoms with Crippen molar-refractivity contribution in [3.8, 4) is 0 Å². The SMILES string of the molecule is C=C(C)C(=C)CC1C2CC(C1C(C)C)C(C(C)=O)(C(=O)CC(C(F)(F)F)C(F)(F)F)C2. The highest BCUT2D eigenvalue weighted by Crippen LogP contribution is 2.65. The lowest BCUT2D eigenvalue weighted by Gasteiger charge is -2.45. The minimum absolute atomic E-state index is 0.00535. The van der Waals surface area contributed by atoms with Crippen LogP contribution in [0.1, 0.15) is 53.4 Å². The Balaban J connectivity index is 2.42. The first-order valence-electron chi connectivity index (χ1n) is 10.5. The summed E-state index contributed by atoms with van der Waals surface area (Å²) in [5, 5.41) is 0. The summed E-state index contributed by atoms with van der Waals surface area (Å²) in [6, 6.07) is 0. The van der Waals surface area contributed by atoms with Crippen molar-refractivity contribution in [1.29, 1.82) is 0 Å². The van der Waals surface area contributed by atoms with Crippen LogP contribution in [0.25, 0.3) is 0 Å². The normalized spacial score (nSPS) is 30.8. The summed E-state index contributed by atoms with van der Waals surface area (Å²) in [6.07, 6.45) is -11.9. The molecule has 8 heteroatoms. The number of rotatable bonds is 8. The zero-order valence-corrected chi connectivity index (χ0v) is 18.3. The highest BCUT2D eigenvalue weighted by atomic mass is 19.4. The molecule has 2 rings (SSSR count). The zero-order valence-electron chi connectivity index (χ0n) is 18.3. The maximum atomic E-state index is 13.1. The lowest BCUT2D eigenvalue weighted by molar-refractivity contribution is -0.284. The molecule has 0 aromatic heterocycles. The van der Waals surface area contributed by atoms with Crippen LogP contribution in [0.3, 0.4) is 0 Å². The molecule has 31 heavy (non-hydrogen) atoms. The number of carbonyl (C=O) groups excluding carboxylic acids is 2. The van der Waals surface area contributed by atoms with E-state index in [1.54, 1.807) is 0 Å². The lowest BCUT2D eigenvalue weighted by atomic mass is 9.57. The molecule has 0 heterocycles. The van der Waals surface area contributed by atoms with Gasteiger partial charge in [0.25, 0.3) is 0 Å². The Morgan fingerprint density at radius 3 is 1.94 bits per heavy atom. The predicted molar refractivity (Wildman–Crippen MR) is 105 cm³/mol. The summed E-state index contributed by atoms with van der Waals surface area (Å²) in [4.78, 5) is 25.7. The van der Waals surface area contributed by atoms with Crippen molar-refractivity contribution in [3.63, 3.8) is 0 Å². The maximum absolute atomic E-state index is 13.1. The lowest BCUT2D eigenvalue weighted by Crippen LogP contribution is -2.51. The molecule has 2 fully saturated rings. The topological polar surface area (TPSA) is 34.1 Å². The van der Waals surface area contributed by atoms with E-state index in [2.05, 4.69) is 13.2 Å². The Hall–Kier alpha value is -1.60. The number of hydrogen-bond donors (Lipinski definition) is 0.